The second-order valence-corrected chi connectivity index (χ2v) is 4.65. The van der Waals surface area contributed by atoms with Gasteiger partial charge in [-0.05, 0) is 36.1 Å². The SMILES string of the molecule is CCc1ccc(NC(=O)c2cc(C(=O)O)co2)cc1CC. The molecule has 2 rings (SSSR count). The van der Waals surface area contributed by atoms with E-state index in [0.717, 1.165) is 19.1 Å². The predicted molar refractivity (Wildman–Crippen MR) is 78.8 cm³/mol. The third-order valence-electron chi connectivity index (χ3n) is 3.30. The molecule has 0 radical (unpaired) electrons. The number of hydrogen-bond donors (Lipinski definition) is 2. The summed E-state index contributed by atoms with van der Waals surface area (Å²) in [6.45, 7) is 4.15. The molecule has 5 heteroatoms. The Labute approximate surface area is 122 Å². The van der Waals surface area contributed by atoms with Gasteiger partial charge in [-0.1, -0.05) is 19.9 Å². The van der Waals surface area contributed by atoms with Crippen LogP contribution in [0.5, 0.6) is 0 Å². The summed E-state index contributed by atoms with van der Waals surface area (Å²) in [5.74, 6) is -1.61. The van der Waals surface area contributed by atoms with Crippen LogP contribution in [-0.2, 0) is 12.8 Å². The number of carboxylic acids is 1. The number of furan rings is 1. The molecule has 0 unspecified atom stereocenters. The van der Waals surface area contributed by atoms with Gasteiger partial charge in [0, 0.05) is 11.8 Å². The normalized spacial score (nSPS) is 10.4. The van der Waals surface area contributed by atoms with Crippen LogP contribution in [0.2, 0.25) is 0 Å². The van der Waals surface area contributed by atoms with Gasteiger partial charge in [-0.15, -0.1) is 0 Å². The fourth-order valence-electron chi connectivity index (χ4n) is 2.14. The van der Waals surface area contributed by atoms with Crippen molar-refractivity contribution in [3.8, 4) is 0 Å². The van der Waals surface area contributed by atoms with Crippen LogP contribution in [0.25, 0.3) is 0 Å². The lowest BCUT2D eigenvalue weighted by molar-refractivity contribution is 0.0696. The van der Waals surface area contributed by atoms with Crippen molar-refractivity contribution in [3.05, 3.63) is 53.0 Å². The number of anilines is 1. The summed E-state index contributed by atoms with van der Waals surface area (Å²) < 4.78 is 4.97. The van der Waals surface area contributed by atoms with Crippen LogP contribution in [0.4, 0.5) is 5.69 Å². The van der Waals surface area contributed by atoms with Gasteiger partial charge in [-0.2, -0.15) is 0 Å². The van der Waals surface area contributed by atoms with Crippen molar-refractivity contribution >= 4 is 17.6 Å². The molecule has 2 aromatic rings. The number of aromatic carboxylic acids is 1. The Bertz CT molecular complexity index is 673. The Kier molecular flexibility index (Phi) is 4.42. The highest BCUT2D eigenvalue weighted by molar-refractivity contribution is 6.03. The van der Waals surface area contributed by atoms with E-state index >= 15 is 0 Å². The third kappa shape index (κ3) is 3.31. The van der Waals surface area contributed by atoms with E-state index in [1.807, 2.05) is 18.2 Å². The topological polar surface area (TPSA) is 79.5 Å². The zero-order valence-electron chi connectivity index (χ0n) is 12.0. The van der Waals surface area contributed by atoms with Crippen LogP contribution in [-0.4, -0.2) is 17.0 Å². The average Bonchev–Trinajstić information content (AvgIpc) is 2.97. The molecule has 5 nitrogen and oxygen atoms in total. The summed E-state index contributed by atoms with van der Waals surface area (Å²) in [5.41, 5.74) is 3.06. The quantitative estimate of drug-likeness (QED) is 0.883. The predicted octanol–water partition coefficient (Wildman–Crippen LogP) is 3.35. The fraction of sp³-hybridized carbons (Fsp3) is 0.250. The van der Waals surface area contributed by atoms with E-state index in [1.165, 1.54) is 17.2 Å². The zero-order chi connectivity index (χ0) is 15.4. The van der Waals surface area contributed by atoms with Gasteiger partial charge in [-0.25, -0.2) is 4.79 Å². The number of benzene rings is 1. The van der Waals surface area contributed by atoms with Gasteiger partial charge in [0.1, 0.15) is 6.26 Å². The molecule has 1 aromatic heterocycles. The highest BCUT2D eigenvalue weighted by Crippen LogP contribution is 2.18. The Morgan fingerprint density at radius 2 is 1.86 bits per heavy atom. The summed E-state index contributed by atoms with van der Waals surface area (Å²) in [6.07, 6.45) is 2.88. The molecule has 21 heavy (non-hydrogen) atoms. The molecule has 0 aliphatic rings. The van der Waals surface area contributed by atoms with Gasteiger partial charge in [0.2, 0.25) is 0 Å². The second kappa shape index (κ2) is 6.26. The molecule has 0 spiro atoms. The number of amides is 1. The van der Waals surface area contributed by atoms with Crippen molar-refractivity contribution in [2.24, 2.45) is 0 Å². The van der Waals surface area contributed by atoms with Gasteiger partial charge < -0.3 is 14.8 Å². The van der Waals surface area contributed by atoms with Crippen LogP contribution >= 0.6 is 0 Å². The average molecular weight is 287 g/mol. The van der Waals surface area contributed by atoms with Gasteiger partial charge in [0.05, 0.1) is 5.56 Å². The minimum Gasteiger partial charge on any atom is -0.478 e. The monoisotopic (exact) mass is 287 g/mol. The highest BCUT2D eigenvalue weighted by atomic mass is 16.4. The van der Waals surface area contributed by atoms with Crippen molar-refractivity contribution in [3.63, 3.8) is 0 Å². The first-order valence-electron chi connectivity index (χ1n) is 6.80. The minimum absolute atomic E-state index is 0.0231. The lowest BCUT2D eigenvalue weighted by Crippen LogP contribution is -2.11. The first kappa shape index (κ1) is 14.8. The van der Waals surface area contributed by atoms with Crippen LogP contribution in [0.1, 0.15) is 45.9 Å². The van der Waals surface area contributed by atoms with Crippen molar-refractivity contribution in [1.82, 2.24) is 0 Å². The molecule has 110 valence electrons. The van der Waals surface area contributed by atoms with Crippen molar-refractivity contribution < 1.29 is 19.1 Å². The van der Waals surface area contributed by atoms with E-state index in [1.54, 1.807) is 0 Å². The maximum absolute atomic E-state index is 12.0. The van der Waals surface area contributed by atoms with Crippen LogP contribution in [0.3, 0.4) is 0 Å². The zero-order valence-corrected chi connectivity index (χ0v) is 12.0. The van der Waals surface area contributed by atoms with Gasteiger partial charge >= 0.3 is 5.97 Å². The van der Waals surface area contributed by atoms with E-state index in [9.17, 15) is 9.59 Å². The molecule has 0 saturated heterocycles. The van der Waals surface area contributed by atoms with Gasteiger partial charge in [0.15, 0.2) is 5.76 Å². The van der Waals surface area contributed by atoms with E-state index in [2.05, 4.69) is 19.2 Å². The fourth-order valence-corrected chi connectivity index (χ4v) is 2.14. The summed E-state index contributed by atoms with van der Waals surface area (Å²) in [7, 11) is 0. The standard InChI is InChI=1S/C16H17NO4/c1-3-10-5-6-13(7-11(10)4-2)17-15(18)14-8-12(9-21-14)16(19)20/h5-9H,3-4H2,1-2H3,(H,17,18)(H,19,20). The van der Waals surface area contributed by atoms with E-state index < -0.39 is 11.9 Å². The van der Waals surface area contributed by atoms with E-state index in [-0.39, 0.29) is 11.3 Å². The maximum Gasteiger partial charge on any atom is 0.338 e. The number of carbonyl (C=O) groups excluding carboxylic acids is 1. The number of nitrogens with one attached hydrogen (secondary N) is 1. The second-order valence-electron chi connectivity index (χ2n) is 4.65. The first-order chi connectivity index (χ1) is 10.0. The summed E-state index contributed by atoms with van der Waals surface area (Å²) >= 11 is 0. The number of carbonyl (C=O) groups is 2. The molecular weight excluding hydrogens is 270 g/mol. The van der Waals surface area contributed by atoms with Crippen LogP contribution in [0, 0.1) is 0 Å². The Balaban J connectivity index is 2.17. The van der Waals surface area contributed by atoms with Crippen LogP contribution < -0.4 is 5.32 Å². The summed E-state index contributed by atoms with van der Waals surface area (Å²) in [6, 6.07) is 6.95. The smallest absolute Gasteiger partial charge is 0.338 e. The molecule has 0 aliphatic carbocycles. The minimum atomic E-state index is -1.13. The molecular formula is C16H17NO4. The summed E-state index contributed by atoms with van der Waals surface area (Å²) in [4.78, 5) is 22.8. The first-order valence-corrected chi connectivity index (χ1v) is 6.80. The van der Waals surface area contributed by atoms with Crippen molar-refractivity contribution in [2.75, 3.05) is 5.32 Å². The number of rotatable bonds is 5. The van der Waals surface area contributed by atoms with Gasteiger partial charge in [0.25, 0.3) is 5.91 Å². The molecule has 0 atom stereocenters. The van der Waals surface area contributed by atoms with Crippen LogP contribution in [0.15, 0.2) is 34.9 Å². The lowest BCUT2D eigenvalue weighted by Gasteiger charge is -2.09. The third-order valence-corrected chi connectivity index (χ3v) is 3.30. The number of hydrogen-bond acceptors (Lipinski definition) is 3. The van der Waals surface area contributed by atoms with E-state index in [4.69, 9.17) is 9.52 Å². The molecule has 1 amide bonds. The molecule has 1 heterocycles. The highest BCUT2D eigenvalue weighted by Gasteiger charge is 2.15. The Morgan fingerprint density at radius 3 is 2.43 bits per heavy atom. The maximum atomic E-state index is 12.0. The molecule has 0 saturated carbocycles. The molecule has 2 N–H and O–H groups in total. The van der Waals surface area contributed by atoms with E-state index in [0.29, 0.717) is 5.69 Å². The van der Waals surface area contributed by atoms with Crippen molar-refractivity contribution in [2.45, 2.75) is 26.7 Å². The largest absolute Gasteiger partial charge is 0.478 e. The van der Waals surface area contributed by atoms with Gasteiger partial charge in [-0.3, -0.25) is 4.79 Å². The van der Waals surface area contributed by atoms with Crippen molar-refractivity contribution in [1.29, 1.82) is 0 Å². The number of carboxylic acid groups (broad SMARTS) is 1. The molecule has 1 aromatic carbocycles. The summed E-state index contributed by atoms with van der Waals surface area (Å²) in [5, 5.41) is 11.5. The number of aryl methyl sites for hydroxylation is 2. The molecule has 0 bridgehead atoms. The molecule has 0 fully saturated rings. The Hall–Kier alpha value is -2.56. The lowest BCUT2D eigenvalue weighted by atomic mass is 10.0. The molecule has 0 aliphatic heterocycles. The Morgan fingerprint density at radius 1 is 1.14 bits per heavy atom.